The van der Waals surface area contributed by atoms with Gasteiger partial charge in [-0.2, -0.15) is 0 Å². The van der Waals surface area contributed by atoms with E-state index in [2.05, 4.69) is 52.3 Å². The molecule has 0 amide bonds. The molecule has 0 saturated heterocycles. The third-order valence-electron chi connectivity index (χ3n) is 2.18. The van der Waals surface area contributed by atoms with E-state index in [0.717, 1.165) is 12.8 Å². The second kappa shape index (κ2) is 3.93. The lowest BCUT2D eigenvalue weighted by atomic mass is 10.00. The maximum Gasteiger partial charge on any atom is 0.0210 e. The summed E-state index contributed by atoms with van der Waals surface area (Å²) in [5.74, 6) is 0. The van der Waals surface area contributed by atoms with Gasteiger partial charge in [0.05, 0.1) is 0 Å². The van der Waals surface area contributed by atoms with Crippen LogP contribution >= 0.6 is 15.9 Å². The first kappa shape index (κ1) is 8.76. The van der Waals surface area contributed by atoms with E-state index < -0.39 is 0 Å². The molecule has 0 unspecified atom stereocenters. The summed E-state index contributed by atoms with van der Waals surface area (Å²) in [5, 5.41) is 0. The van der Waals surface area contributed by atoms with Crippen LogP contribution in [-0.4, -0.2) is 0 Å². The van der Waals surface area contributed by atoms with E-state index in [-0.39, 0.29) is 0 Å². The number of halogens is 1. The highest BCUT2D eigenvalue weighted by Crippen LogP contribution is 2.31. The Morgan fingerprint density at radius 2 is 1.62 bits per heavy atom. The van der Waals surface area contributed by atoms with Crippen molar-refractivity contribution in [3.63, 3.8) is 0 Å². The molecule has 0 bridgehead atoms. The molecule has 66 valence electrons. The Labute approximate surface area is 87.1 Å². The average Bonchev–Trinajstić information content (AvgIpc) is 2.20. The molecule has 1 aliphatic carbocycles. The number of hydrogen-bond donors (Lipinski definition) is 0. The zero-order valence-electron chi connectivity index (χ0n) is 7.33. The van der Waals surface area contributed by atoms with Crippen LogP contribution in [0.2, 0.25) is 0 Å². The second-order valence-electron chi connectivity index (χ2n) is 3.11. The van der Waals surface area contributed by atoms with Gasteiger partial charge >= 0.3 is 0 Å². The molecule has 0 aliphatic heterocycles. The summed E-state index contributed by atoms with van der Waals surface area (Å²) in [7, 11) is 0. The van der Waals surface area contributed by atoms with Crippen LogP contribution in [-0.2, 0) is 0 Å². The van der Waals surface area contributed by atoms with E-state index in [9.17, 15) is 0 Å². The molecule has 0 radical (unpaired) electrons. The van der Waals surface area contributed by atoms with Gasteiger partial charge in [-0.1, -0.05) is 58.4 Å². The second-order valence-corrected chi connectivity index (χ2v) is 3.97. The van der Waals surface area contributed by atoms with Crippen LogP contribution in [0.4, 0.5) is 0 Å². The average molecular weight is 235 g/mol. The number of benzene rings is 1. The molecule has 2 rings (SSSR count). The predicted octanol–water partition coefficient (Wildman–Crippen LogP) is 4.14. The van der Waals surface area contributed by atoms with Crippen molar-refractivity contribution in [2.75, 3.05) is 0 Å². The smallest absolute Gasteiger partial charge is 0.0210 e. The SMILES string of the molecule is BrC1=CCCC=C1c1ccccc1. The Bertz CT molecular complexity index is 347. The minimum atomic E-state index is 1.15. The lowest BCUT2D eigenvalue weighted by Gasteiger charge is -2.11. The predicted molar refractivity (Wildman–Crippen MR) is 60.7 cm³/mol. The topological polar surface area (TPSA) is 0 Å². The van der Waals surface area contributed by atoms with Crippen LogP contribution in [0, 0.1) is 0 Å². The largest absolute Gasteiger partial charge is 0.0752 e. The van der Waals surface area contributed by atoms with Gasteiger partial charge in [-0.25, -0.2) is 0 Å². The monoisotopic (exact) mass is 234 g/mol. The fourth-order valence-electron chi connectivity index (χ4n) is 1.52. The van der Waals surface area contributed by atoms with Gasteiger partial charge in [0.1, 0.15) is 0 Å². The molecule has 0 spiro atoms. The van der Waals surface area contributed by atoms with Gasteiger partial charge < -0.3 is 0 Å². The van der Waals surface area contributed by atoms with Gasteiger partial charge in [0.2, 0.25) is 0 Å². The van der Waals surface area contributed by atoms with Crippen LogP contribution < -0.4 is 0 Å². The molecule has 0 aromatic heterocycles. The Morgan fingerprint density at radius 3 is 2.31 bits per heavy atom. The molecule has 1 aromatic carbocycles. The van der Waals surface area contributed by atoms with Crippen LogP contribution in [0.15, 0.2) is 47.0 Å². The van der Waals surface area contributed by atoms with Gasteiger partial charge in [0.25, 0.3) is 0 Å². The minimum Gasteiger partial charge on any atom is -0.0752 e. The van der Waals surface area contributed by atoms with Crippen molar-refractivity contribution in [3.8, 4) is 0 Å². The van der Waals surface area contributed by atoms with Gasteiger partial charge in [-0.05, 0) is 24.0 Å². The summed E-state index contributed by atoms with van der Waals surface area (Å²) in [6.07, 6.45) is 6.83. The Morgan fingerprint density at radius 1 is 0.923 bits per heavy atom. The van der Waals surface area contributed by atoms with Crippen molar-refractivity contribution >= 4 is 21.5 Å². The lowest BCUT2D eigenvalue weighted by molar-refractivity contribution is 1.04. The van der Waals surface area contributed by atoms with Crippen molar-refractivity contribution < 1.29 is 0 Å². The van der Waals surface area contributed by atoms with E-state index in [4.69, 9.17) is 0 Å². The highest BCUT2D eigenvalue weighted by Gasteiger charge is 2.06. The standard InChI is InChI=1S/C12H11Br/c13-12-9-5-4-8-11(12)10-6-2-1-3-7-10/h1-3,6-9H,4-5H2. The van der Waals surface area contributed by atoms with Crippen molar-refractivity contribution in [1.29, 1.82) is 0 Å². The van der Waals surface area contributed by atoms with Crippen LogP contribution in [0.5, 0.6) is 0 Å². The molecule has 1 aliphatic rings. The van der Waals surface area contributed by atoms with Gasteiger partial charge in [-0.3, -0.25) is 0 Å². The zero-order valence-corrected chi connectivity index (χ0v) is 8.92. The third kappa shape index (κ3) is 1.92. The maximum absolute atomic E-state index is 3.58. The summed E-state index contributed by atoms with van der Waals surface area (Å²) in [4.78, 5) is 0. The quantitative estimate of drug-likeness (QED) is 0.686. The van der Waals surface area contributed by atoms with E-state index in [1.807, 2.05) is 6.07 Å². The number of allylic oxidation sites excluding steroid dienone is 4. The van der Waals surface area contributed by atoms with Crippen molar-refractivity contribution in [2.45, 2.75) is 12.8 Å². The minimum absolute atomic E-state index is 1.15. The number of rotatable bonds is 1. The first-order chi connectivity index (χ1) is 6.38. The highest BCUT2D eigenvalue weighted by molar-refractivity contribution is 9.12. The van der Waals surface area contributed by atoms with E-state index in [1.54, 1.807) is 0 Å². The molecule has 0 saturated carbocycles. The molecule has 0 heterocycles. The number of hydrogen-bond acceptors (Lipinski definition) is 0. The first-order valence-corrected chi connectivity index (χ1v) is 5.29. The van der Waals surface area contributed by atoms with Crippen molar-refractivity contribution in [3.05, 3.63) is 52.5 Å². The Hall–Kier alpha value is -0.820. The van der Waals surface area contributed by atoms with E-state index in [0.29, 0.717) is 0 Å². The molecular weight excluding hydrogens is 224 g/mol. The highest BCUT2D eigenvalue weighted by atomic mass is 79.9. The van der Waals surface area contributed by atoms with Crippen molar-refractivity contribution in [1.82, 2.24) is 0 Å². The summed E-state index contributed by atoms with van der Waals surface area (Å²) in [6.45, 7) is 0. The van der Waals surface area contributed by atoms with Crippen molar-refractivity contribution in [2.24, 2.45) is 0 Å². The van der Waals surface area contributed by atoms with Crippen LogP contribution in [0.1, 0.15) is 18.4 Å². The van der Waals surface area contributed by atoms with E-state index in [1.165, 1.54) is 15.6 Å². The normalized spacial score (nSPS) is 16.4. The van der Waals surface area contributed by atoms with Gasteiger partial charge in [-0.15, -0.1) is 0 Å². The third-order valence-corrected chi connectivity index (χ3v) is 2.93. The lowest BCUT2D eigenvalue weighted by Crippen LogP contribution is -1.88. The van der Waals surface area contributed by atoms with Gasteiger partial charge in [0, 0.05) is 4.48 Å². The molecule has 0 nitrogen and oxygen atoms in total. The fourth-order valence-corrected chi connectivity index (χ4v) is 2.14. The Kier molecular flexibility index (Phi) is 2.65. The zero-order chi connectivity index (χ0) is 9.10. The summed E-state index contributed by atoms with van der Waals surface area (Å²) >= 11 is 3.58. The first-order valence-electron chi connectivity index (χ1n) is 4.49. The molecular formula is C12H11Br. The van der Waals surface area contributed by atoms with Crippen LogP contribution in [0.25, 0.3) is 5.57 Å². The molecule has 0 N–H and O–H groups in total. The molecule has 0 fully saturated rings. The van der Waals surface area contributed by atoms with Crippen LogP contribution in [0.3, 0.4) is 0 Å². The maximum atomic E-state index is 3.58. The summed E-state index contributed by atoms with van der Waals surface area (Å²) in [5.41, 5.74) is 2.62. The Balaban J connectivity index is 2.37. The molecule has 1 heteroatoms. The molecule has 1 aromatic rings. The summed E-state index contributed by atoms with van der Waals surface area (Å²) in [6, 6.07) is 10.5. The van der Waals surface area contributed by atoms with E-state index >= 15 is 0 Å². The van der Waals surface area contributed by atoms with Gasteiger partial charge in [0.15, 0.2) is 0 Å². The fraction of sp³-hybridized carbons (Fsp3) is 0.167. The molecule has 0 atom stereocenters. The molecule has 13 heavy (non-hydrogen) atoms. The summed E-state index contributed by atoms with van der Waals surface area (Å²) < 4.78 is 1.23.